The van der Waals surface area contributed by atoms with Crippen molar-refractivity contribution < 1.29 is 18.3 Å². The molecule has 0 radical (unpaired) electrons. The third-order valence-corrected chi connectivity index (χ3v) is 7.26. The third kappa shape index (κ3) is 6.99. The average molecular weight is 449 g/mol. The molecule has 172 valence electrons. The highest BCUT2D eigenvalue weighted by atomic mass is 31.2. The zero-order chi connectivity index (χ0) is 22.7. The van der Waals surface area contributed by atoms with Gasteiger partial charge in [0.1, 0.15) is 11.5 Å². The zero-order valence-corrected chi connectivity index (χ0v) is 20.4. The molecule has 0 saturated heterocycles. The fraction of sp³-hybridized carbons (Fsp3) is 0.500. The van der Waals surface area contributed by atoms with E-state index in [2.05, 4.69) is 17.0 Å². The summed E-state index contributed by atoms with van der Waals surface area (Å²) in [5, 5.41) is 0. The van der Waals surface area contributed by atoms with Gasteiger partial charge < -0.3 is 14.2 Å². The van der Waals surface area contributed by atoms with Gasteiger partial charge in [-0.25, -0.2) is 4.57 Å². The fourth-order valence-corrected chi connectivity index (χ4v) is 4.91. The van der Waals surface area contributed by atoms with Gasteiger partial charge in [-0.2, -0.15) is 4.67 Å². The molecular formula is C24H37N2O4P. The zero-order valence-electron chi connectivity index (χ0n) is 19.5. The highest BCUT2D eigenvalue weighted by Gasteiger charge is 2.34. The molecule has 0 aromatic heterocycles. The average Bonchev–Trinajstić information content (AvgIpc) is 2.84. The van der Waals surface area contributed by atoms with Gasteiger partial charge in [-0.3, -0.25) is 4.52 Å². The van der Waals surface area contributed by atoms with Crippen LogP contribution in [0.2, 0.25) is 0 Å². The Morgan fingerprint density at radius 2 is 1.52 bits per heavy atom. The first-order valence-electron chi connectivity index (χ1n) is 11.1. The van der Waals surface area contributed by atoms with Gasteiger partial charge in [0.05, 0.1) is 13.8 Å². The highest BCUT2D eigenvalue weighted by molar-refractivity contribution is 7.51. The van der Waals surface area contributed by atoms with Gasteiger partial charge >= 0.3 is 7.75 Å². The fourth-order valence-electron chi connectivity index (χ4n) is 3.73. The van der Waals surface area contributed by atoms with E-state index in [-0.39, 0.29) is 0 Å². The summed E-state index contributed by atoms with van der Waals surface area (Å²) in [4.78, 5) is 2.30. The second-order valence-corrected chi connectivity index (χ2v) is 9.48. The Labute approximate surface area is 187 Å². The molecule has 0 spiro atoms. The van der Waals surface area contributed by atoms with Gasteiger partial charge in [0.2, 0.25) is 0 Å². The lowest BCUT2D eigenvalue weighted by atomic mass is 9.94. The van der Waals surface area contributed by atoms with Crippen LogP contribution in [0.15, 0.2) is 54.6 Å². The van der Waals surface area contributed by atoms with Crippen molar-refractivity contribution in [2.75, 3.05) is 32.8 Å². The lowest BCUT2D eigenvalue weighted by Gasteiger charge is -2.39. The third-order valence-electron chi connectivity index (χ3n) is 5.39. The molecule has 1 fully saturated rings. The van der Waals surface area contributed by atoms with Crippen molar-refractivity contribution in [3.05, 3.63) is 54.6 Å². The van der Waals surface area contributed by atoms with Gasteiger partial charge in [-0.1, -0.05) is 51.3 Å². The van der Waals surface area contributed by atoms with E-state index < -0.39 is 7.75 Å². The topological polar surface area (TPSA) is 51.2 Å². The molecule has 1 aliphatic rings. The number of ether oxygens (including phenoxy) is 1. The Kier molecular flexibility index (Phi) is 10.4. The number of benzene rings is 2. The second kappa shape index (κ2) is 12.7. The molecule has 6 nitrogen and oxygen atoms in total. The highest BCUT2D eigenvalue weighted by Crippen LogP contribution is 2.50. The van der Waals surface area contributed by atoms with Gasteiger partial charge in [0, 0.05) is 25.9 Å². The monoisotopic (exact) mass is 448 g/mol. The van der Waals surface area contributed by atoms with E-state index in [1.165, 1.54) is 26.4 Å². The van der Waals surface area contributed by atoms with Crippen LogP contribution in [0.1, 0.15) is 46.0 Å². The normalized spacial score (nSPS) is 16.1. The van der Waals surface area contributed by atoms with E-state index in [1.54, 1.807) is 31.0 Å². The van der Waals surface area contributed by atoms with Crippen molar-refractivity contribution >= 4 is 13.4 Å². The SMILES string of the molecule is CC.COc1ccc(N(CN(C)P(=O)(OC)Oc2ccccc2)C2CCCCC2)cc1. The van der Waals surface area contributed by atoms with Crippen molar-refractivity contribution in [1.82, 2.24) is 4.67 Å². The lowest BCUT2D eigenvalue weighted by Crippen LogP contribution is -2.43. The van der Waals surface area contributed by atoms with Gasteiger partial charge in [0.25, 0.3) is 0 Å². The van der Waals surface area contributed by atoms with Crippen molar-refractivity contribution in [2.24, 2.45) is 0 Å². The second-order valence-electron chi connectivity index (χ2n) is 7.31. The summed E-state index contributed by atoms with van der Waals surface area (Å²) in [6.45, 7) is 4.44. The van der Waals surface area contributed by atoms with Crippen molar-refractivity contribution in [2.45, 2.75) is 52.0 Å². The van der Waals surface area contributed by atoms with E-state index in [9.17, 15) is 4.57 Å². The number of nitrogens with zero attached hydrogens (tertiary/aromatic N) is 2. The first-order valence-corrected chi connectivity index (χ1v) is 12.6. The first-order chi connectivity index (χ1) is 15.1. The van der Waals surface area contributed by atoms with Crippen LogP contribution in [0.3, 0.4) is 0 Å². The summed E-state index contributed by atoms with van der Waals surface area (Å²) >= 11 is 0. The van der Waals surface area contributed by atoms with Crippen LogP contribution in [0.25, 0.3) is 0 Å². The first kappa shape index (κ1) is 25.3. The van der Waals surface area contributed by atoms with Crippen LogP contribution in [-0.4, -0.2) is 38.6 Å². The number of anilines is 1. The minimum absolute atomic E-state index is 0.390. The van der Waals surface area contributed by atoms with Crippen LogP contribution in [-0.2, 0) is 9.09 Å². The quantitative estimate of drug-likeness (QED) is 0.319. The molecular weight excluding hydrogens is 411 g/mol. The molecule has 1 saturated carbocycles. The van der Waals surface area contributed by atoms with Crippen LogP contribution >= 0.6 is 7.75 Å². The maximum absolute atomic E-state index is 13.4. The van der Waals surface area contributed by atoms with E-state index in [1.807, 2.05) is 44.2 Å². The molecule has 1 unspecified atom stereocenters. The molecule has 31 heavy (non-hydrogen) atoms. The molecule has 0 amide bonds. The van der Waals surface area contributed by atoms with Crippen LogP contribution in [0.4, 0.5) is 5.69 Å². The summed E-state index contributed by atoms with van der Waals surface area (Å²) < 4.78 is 31.6. The minimum atomic E-state index is -3.49. The predicted octanol–water partition coefficient (Wildman–Crippen LogP) is 6.58. The Bertz CT molecular complexity index is 795. The van der Waals surface area contributed by atoms with Crippen molar-refractivity contribution in [3.63, 3.8) is 0 Å². The van der Waals surface area contributed by atoms with Crippen molar-refractivity contribution in [3.8, 4) is 11.5 Å². The van der Waals surface area contributed by atoms with Gasteiger partial charge in [-0.05, 0) is 49.2 Å². The summed E-state index contributed by atoms with van der Waals surface area (Å²) in [5.41, 5.74) is 1.08. The minimum Gasteiger partial charge on any atom is -0.497 e. The molecule has 0 bridgehead atoms. The summed E-state index contributed by atoms with van der Waals surface area (Å²) in [7, 11) is 1.39. The largest absolute Gasteiger partial charge is 0.497 e. The van der Waals surface area contributed by atoms with Crippen LogP contribution < -0.4 is 14.2 Å². The standard InChI is InChI=1S/C22H31N2O4P.C2H6/c1-23(29(25,27-3)28-22-12-8-5-9-13-22)18-24(19-10-6-4-7-11-19)20-14-16-21(26-2)17-15-20;1-2/h5,8-9,12-17,19H,4,6-7,10-11,18H2,1-3H3;1-2H3. The summed E-state index contributed by atoms with van der Waals surface area (Å²) in [5.74, 6) is 1.35. The molecule has 0 heterocycles. The van der Waals surface area contributed by atoms with E-state index in [0.717, 1.165) is 24.3 Å². The Morgan fingerprint density at radius 3 is 2.06 bits per heavy atom. The van der Waals surface area contributed by atoms with E-state index in [0.29, 0.717) is 18.5 Å². The Balaban J connectivity index is 0.00000166. The molecule has 3 rings (SSSR count). The van der Waals surface area contributed by atoms with Gasteiger partial charge in [-0.15, -0.1) is 0 Å². The Morgan fingerprint density at radius 1 is 0.903 bits per heavy atom. The number of hydrogen-bond donors (Lipinski definition) is 0. The number of hydrogen-bond acceptors (Lipinski definition) is 5. The van der Waals surface area contributed by atoms with Gasteiger partial charge in [0.15, 0.2) is 0 Å². The number of para-hydroxylation sites is 1. The van der Waals surface area contributed by atoms with E-state index in [4.69, 9.17) is 13.8 Å². The van der Waals surface area contributed by atoms with Crippen molar-refractivity contribution in [1.29, 1.82) is 0 Å². The summed E-state index contributed by atoms with van der Waals surface area (Å²) in [6, 6.07) is 17.6. The number of rotatable bonds is 9. The molecule has 1 aliphatic carbocycles. The molecule has 7 heteroatoms. The summed E-state index contributed by atoms with van der Waals surface area (Å²) in [6.07, 6.45) is 5.94. The molecule has 0 aliphatic heterocycles. The predicted molar refractivity (Wildman–Crippen MR) is 128 cm³/mol. The molecule has 2 aromatic rings. The number of methoxy groups -OCH3 is 1. The maximum Gasteiger partial charge on any atom is 0.462 e. The molecule has 2 aromatic carbocycles. The Hall–Kier alpha value is -2.01. The maximum atomic E-state index is 13.4. The van der Waals surface area contributed by atoms with Crippen LogP contribution in [0, 0.1) is 0 Å². The molecule has 0 N–H and O–H groups in total. The van der Waals surface area contributed by atoms with E-state index >= 15 is 0 Å². The lowest BCUT2D eigenvalue weighted by molar-refractivity contribution is 0.252. The smallest absolute Gasteiger partial charge is 0.462 e. The molecule has 1 atom stereocenters. The van der Waals surface area contributed by atoms with Crippen LogP contribution in [0.5, 0.6) is 11.5 Å².